The molecule has 1 heterocycles. The number of nitrogens with zero attached hydrogens (tertiary/aromatic N) is 1. The van der Waals surface area contributed by atoms with Crippen molar-refractivity contribution in [2.24, 2.45) is 5.92 Å². The first kappa shape index (κ1) is 27.4. The summed E-state index contributed by atoms with van der Waals surface area (Å²) in [6, 6.07) is 7.88. The highest BCUT2D eigenvalue weighted by atomic mass is 32.2. The number of amides is 1. The van der Waals surface area contributed by atoms with Crippen LogP contribution in [0.2, 0.25) is 0 Å². The molecule has 0 unspecified atom stereocenters. The molecule has 2 aliphatic rings. The maximum Gasteiger partial charge on any atom is 0.416 e. The third kappa shape index (κ3) is 5.50. The quantitative estimate of drug-likeness (QED) is 0.500. The van der Waals surface area contributed by atoms with E-state index in [1.165, 1.54) is 36.9 Å². The van der Waals surface area contributed by atoms with Gasteiger partial charge in [-0.3, -0.25) is 4.79 Å². The van der Waals surface area contributed by atoms with E-state index in [1.807, 2.05) is 0 Å². The van der Waals surface area contributed by atoms with Gasteiger partial charge >= 0.3 is 6.18 Å². The van der Waals surface area contributed by atoms with Gasteiger partial charge in [0, 0.05) is 19.3 Å². The van der Waals surface area contributed by atoms with Gasteiger partial charge in [0.25, 0.3) is 5.91 Å². The lowest BCUT2D eigenvalue weighted by molar-refractivity contribution is -0.137. The first-order valence-corrected chi connectivity index (χ1v) is 15.1. The van der Waals surface area contributed by atoms with Crippen molar-refractivity contribution in [3.8, 4) is 5.75 Å². The summed E-state index contributed by atoms with van der Waals surface area (Å²) >= 11 is 0. The number of likely N-dealkylation sites (tertiary alicyclic amines) is 1. The molecular formula is C25H28F3NO6S2. The fourth-order valence-corrected chi connectivity index (χ4v) is 7.15. The molecule has 0 bridgehead atoms. The number of halogens is 3. The number of carbonyl (C=O) groups excluding carboxylic acids is 1. The van der Waals surface area contributed by atoms with Crippen LogP contribution in [0.5, 0.6) is 5.75 Å². The van der Waals surface area contributed by atoms with Crippen molar-refractivity contribution < 1.29 is 39.5 Å². The number of alkyl halides is 3. The fraction of sp³-hybridized carbons (Fsp3) is 0.480. The van der Waals surface area contributed by atoms with Crippen LogP contribution in [0.15, 0.2) is 52.3 Å². The van der Waals surface area contributed by atoms with Crippen molar-refractivity contribution >= 4 is 25.6 Å². The Labute approximate surface area is 214 Å². The van der Waals surface area contributed by atoms with Crippen LogP contribution in [0.1, 0.15) is 49.0 Å². The van der Waals surface area contributed by atoms with Gasteiger partial charge in [0.15, 0.2) is 19.7 Å². The first-order valence-electron chi connectivity index (χ1n) is 11.7. The lowest BCUT2D eigenvalue weighted by Gasteiger charge is -2.31. The van der Waals surface area contributed by atoms with Crippen LogP contribution in [0.4, 0.5) is 13.2 Å². The predicted octanol–water partition coefficient (Wildman–Crippen LogP) is 4.36. The zero-order chi connectivity index (χ0) is 27.4. The average molecular weight is 560 g/mol. The molecule has 2 aromatic carbocycles. The summed E-state index contributed by atoms with van der Waals surface area (Å²) in [6.07, 6.45) is -1.62. The van der Waals surface area contributed by atoms with Crippen LogP contribution in [0.25, 0.3) is 0 Å². The Bertz CT molecular complexity index is 1430. The third-order valence-electron chi connectivity index (χ3n) is 7.03. The van der Waals surface area contributed by atoms with E-state index in [1.54, 1.807) is 0 Å². The number of rotatable bonds is 7. The van der Waals surface area contributed by atoms with Crippen molar-refractivity contribution in [2.45, 2.75) is 59.9 Å². The highest BCUT2D eigenvalue weighted by Gasteiger charge is 2.47. The molecule has 7 nitrogen and oxygen atoms in total. The van der Waals surface area contributed by atoms with Gasteiger partial charge in [-0.15, -0.1) is 0 Å². The highest BCUT2D eigenvalue weighted by Crippen LogP contribution is 2.40. The van der Waals surface area contributed by atoms with E-state index in [2.05, 4.69) is 0 Å². The number of sulfone groups is 2. The second kappa shape index (κ2) is 9.30. The number of carbonyl (C=O) groups is 1. The second-order valence-corrected chi connectivity index (χ2v) is 14.6. The molecule has 1 aliphatic carbocycles. The number of ether oxygens (including phenoxy) is 1. The third-order valence-corrected chi connectivity index (χ3v) is 10.8. The first-order chi connectivity index (χ1) is 17.0. The largest absolute Gasteiger partial charge is 0.490 e. The van der Waals surface area contributed by atoms with Crippen LogP contribution >= 0.6 is 0 Å². The topological polar surface area (TPSA) is 97.8 Å². The van der Waals surface area contributed by atoms with Gasteiger partial charge in [-0.25, -0.2) is 16.8 Å². The predicted molar refractivity (Wildman–Crippen MR) is 130 cm³/mol. The zero-order valence-corrected chi connectivity index (χ0v) is 22.2. The molecule has 0 radical (unpaired) electrons. The molecule has 2 fully saturated rings. The Balaban J connectivity index is 1.58. The number of hydrogen-bond donors (Lipinski definition) is 0. The summed E-state index contributed by atoms with van der Waals surface area (Å²) in [4.78, 5) is 14.1. The van der Waals surface area contributed by atoms with E-state index >= 15 is 0 Å². The van der Waals surface area contributed by atoms with E-state index in [0.29, 0.717) is 11.8 Å². The Hall–Kier alpha value is -2.60. The molecule has 0 N–H and O–H groups in total. The Morgan fingerprint density at radius 2 is 1.68 bits per heavy atom. The van der Waals surface area contributed by atoms with Crippen molar-refractivity contribution in [1.29, 1.82) is 0 Å². The molecule has 1 saturated carbocycles. The molecule has 37 heavy (non-hydrogen) atoms. The molecule has 0 aromatic heterocycles. The van der Waals surface area contributed by atoms with Gasteiger partial charge in [0.2, 0.25) is 0 Å². The second-order valence-electron chi connectivity index (χ2n) is 10.1. The minimum Gasteiger partial charge on any atom is -0.490 e. The van der Waals surface area contributed by atoms with E-state index < -0.39 is 52.9 Å². The smallest absolute Gasteiger partial charge is 0.416 e. The Morgan fingerprint density at radius 3 is 2.27 bits per heavy atom. The van der Waals surface area contributed by atoms with Crippen LogP contribution in [-0.4, -0.2) is 57.8 Å². The zero-order valence-electron chi connectivity index (χ0n) is 20.6. The van der Waals surface area contributed by atoms with Crippen LogP contribution in [0.3, 0.4) is 0 Å². The van der Waals surface area contributed by atoms with Gasteiger partial charge in [0.05, 0.1) is 31.8 Å². The normalized spacial score (nSPS) is 19.2. The minimum atomic E-state index is -4.69. The maximum absolute atomic E-state index is 13.4. The summed E-state index contributed by atoms with van der Waals surface area (Å²) in [5.74, 6) is -0.796. The maximum atomic E-state index is 13.4. The Kier molecular flexibility index (Phi) is 6.90. The van der Waals surface area contributed by atoms with Crippen LogP contribution in [-0.2, 0) is 25.9 Å². The molecule has 1 aliphatic heterocycles. The monoisotopic (exact) mass is 559 g/mol. The van der Waals surface area contributed by atoms with Crippen molar-refractivity contribution in [3.05, 3.63) is 53.6 Å². The van der Waals surface area contributed by atoms with Crippen molar-refractivity contribution in [2.75, 3.05) is 19.3 Å². The number of benzene rings is 2. The van der Waals surface area contributed by atoms with Gasteiger partial charge in [-0.05, 0) is 75.4 Å². The molecule has 202 valence electrons. The van der Waals surface area contributed by atoms with Gasteiger partial charge in [-0.1, -0.05) is 6.07 Å². The summed E-state index contributed by atoms with van der Waals surface area (Å²) in [6.45, 7) is 3.06. The van der Waals surface area contributed by atoms with Gasteiger partial charge in [-0.2, -0.15) is 13.2 Å². The van der Waals surface area contributed by atoms with Crippen molar-refractivity contribution in [3.63, 3.8) is 0 Å². The molecule has 4 rings (SSSR count). The van der Waals surface area contributed by atoms with Crippen LogP contribution < -0.4 is 4.74 Å². The summed E-state index contributed by atoms with van der Waals surface area (Å²) in [5.41, 5.74) is -1.10. The number of hydrogen-bond acceptors (Lipinski definition) is 6. The summed E-state index contributed by atoms with van der Waals surface area (Å²) in [5, 5.41) is 0. The SMILES string of the molecule is CC(C)([C@@H]1CCN(C(=O)c2ccc(OC3CC3)cc2S(C)(=O)=O)C1)S(=O)(=O)c1cccc(C(F)(F)F)c1. The molecule has 1 atom stereocenters. The van der Waals surface area contributed by atoms with Gasteiger partial charge in [0.1, 0.15) is 5.75 Å². The average Bonchev–Trinajstić information content (AvgIpc) is 3.47. The summed E-state index contributed by atoms with van der Waals surface area (Å²) in [7, 11) is -7.99. The van der Waals surface area contributed by atoms with Crippen molar-refractivity contribution in [1.82, 2.24) is 4.90 Å². The minimum absolute atomic E-state index is 0.00749. The molecule has 1 amide bonds. The highest BCUT2D eigenvalue weighted by molar-refractivity contribution is 7.92. The van der Waals surface area contributed by atoms with E-state index in [4.69, 9.17) is 4.74 Å². The molecular weight excluding hydrogens is 531 g/mol. The van der Waals surface area contributed by atoms with E-state index in [9.17, 15) is 34.8 Å². The fourth-order valence-electron chi connectivity index (χ4n) is 4.48. The molecule has 2 aromatic rings. The lowest BCUT2D eigenvalue weighted by atomic mass is 9.94. The summed E-state index contributed by atoms with van der Waals surface area (Å²) < 4.78 is 95.4. The van der Waals surface area contributed by atoms with E-state index in [0.717, 1.165) is 37.3 Å². The van der Waals surface area contributed by atoms with E-state index in [-0.39, 0.29) is 36.1 Å². The lowest BCUT2D eigenvalue weighted by Crippen LogP contribution is -2.42. The Morgan fingerprint density at radius 1 is 1.00 bits per heavy atom. The van der Waals surface area contributed by atoms with Gasteiger partial charge < -0.3 is 9.64 Å². The molecule has 1 saturated heterocycles. The van der Waals surface area contributed by atoms with Crippen LogP contribution in [0, 0.1) is 5.92 Å². The standard InChI is InChI=1S/C25H28F3NO6S2/c1-24(2,37(33,34)20-6-4-5-16(13-20)25(26,27)28)17-11-12-29(15-17)23(30)21-10-9-19(35-18-7-8-18)14-22(21)36(3,31)32/h4-6,9-10,13-14,17-18H,7-8,11-12,15H2,1-3H3/t17-/m1/s1. The molecule has 0 spiro atoms. The molecule has 12 heteroatoms.